The fourth-order valence-corrected chi connectivity index (χ4v) is 3.70. The number of thiocarbonyl (C=S) groups is 1. The van der Waals surface area contributed by atoms with Gasteiger partial charge in [-0.05, 0) is 53.4 Å². The van der Waals surface area contributed by atoms with E-state index in [2.05, 4.69) is 43.2 Å². The van der Waals surface area contributed by atoms with Crippen molar-refractivity contribution in [1.82, 2.24) is 5.01 Å². The summed E-state index contributed by atoms with van der Waals surface area (Å²) >= 11 is 6.60. The van der Waals surface area contributed by atoms with Gasteiger partial charge >= 0.3 is 0 Å². The second-order valence-electron chi connectivity index (χ2n) is 5.93. The third-order valence-corrected chi connectivity index (χ3v) is 5.45. The van der Waals surface area contributed by atoms with Gasteiger partial charge in [-0.15, -0.1) is 0 Å². The van der Waals surface area contributed by atoms with Crippen molar-refractivity contribution in [3.63, 3.8) is 0 Å². The van der Waals surface area contributed by atoms with Crippen molar-refractivity contribution in [1.29, 1.82) is 0 Å². The van der Waals surface area contributed by atoms with Gasteiger partial charge in [0.05, 0.1) is 11.1 Å². The molecule has 3 rings (SSSR count). The molecular weight excluding hydrogens is 360 g/mol. The maximum Gasteiger partial charge on any atom is 0.286 e. The van der Waals surface area contributed by atoms with Crippen LogP contribution >= 0.6 is 24.0 Å². The molecule has 0 radical (unpaired) electrons. The number of hydrogen-bond acceptors (Lipinski definition) is 4. The highest BCUT2D eigenvalue weighted by Gasteiger charge is 2.31. The van der Waals surface area contributed by atoms with E-state index in [1.54, 1.807) is 6.21 Å². The first-order chi connectivity index (χ1) is 12.6. The van der Waals surface area contributed by atoms with Crippen LogP contribution in [0, 0.1) is 0 Å². The van der Waals surface area contributed by atoms with Gasteiger partial charge in [-0.2, -0.15) is 10.1 Å². The number of thioether (sulfide) groups is 1. The first-order valence-corrected chi connectivity index (χ1v) is 9.83. The maximum atomic E-state index is 12.6. The summed E-state index contributed by atoms with van der Waals surface area (Å²) in [7, 11) is 0. The number of aryl methyl sites for hydroxylation is 2. The zero-order valence-electron chi connectivity index (χ0n) is 14.8. The normalized spacial score (nSPS) is 16.2. The Balaban J connectivity index is 1.75. The first-order valence-electron chi connectivity index (χ1n) is 8.60. The van der Waals surface area contributed by atoms with Crippen molar-refractivity contribution in [2.75, 3.05) is 0 Å². The smallest absolute Gasteiger partial charge is 0.266 e. The topological polar surface area (TPSA) is 32.7 Å². The molecule has 0 aliphatic carbocycles. The molecule has 1 aliphatic rings. The molecule has 0 N–H and O–H groups in total. The summed E-state index contributed by atoms with van der Waals surface area (Å²) in [4.78, 5) is 13.2. The van der Waals surface area contributed by atoms with Crippen LogP contribution in [-0.4, -0.2) is 21.5 Å². The van der Waals surface area contributed by atoms with Gasteiger partial charge in [-0.1, -0.05) is 74.1 Å². The molecule has 2 aromatic carbocycles. The Kier molecular flexibility index (Phi) is 6.01. The predicted octanol–water partition coefficient (Wildman–Crippen LogP) is 5.05. The Labute approximate surface area is 163 Å². The number of amides is 1. The van der Waals surface area contributed by atoms with Crippen LogP contribution < -0.4 is 0 Å². The number of benzene rings is 2. The van der Waals surface area contributed by atoms with Crippen LogP contribution in [0.4, 0.5) is 0 Å². The van der Waals surface area contributed by atoms with Gasteiger partial charge in [0.15, 0.2) is 4.32 Å². The molecule has 0 atom stereocenters. The maximum absolute atomic E-state index is 12.6. The standard InChI is InChI=1S/C21H20N2OS2/c1-3-15-5-9-17(10-6-15)13-19-20(24)23(21(25)26-19)22-14-18-11-7-16(4-2)8-12-18/h5-14H,3-4H2,1-2H3/b19-13-,22-14-. The van der Waals surface area contributed by atoms with Gasteiger partial charge < -0.3 is 0 Å². The third kappa shape index (κ3) is 4.29. The van der Waals surface area contributed by atoms with Crippen molar-refractivity contribution in [2.45, 2.75) is 26.7 Å². The quantitative estimate of drug-likeness (QED) is 0.413. The lowest BCUT2D eigenvalue weighted by atomic mass is 10.1. The first kappa shape index (κ1) is 18.5. The van der Waals surface area contributed by atoms with Crippen LogP contribution in [-0.2, 0) is 17.6 Å². The Hall–Kier alpha value is -2.24. The van der Waals surface area contributed by atoms with Crippen molar-refractivity contribution in [3.05, 3.63) is 75.7 Å². The highest BCUT2D eigenvalue weighted by atomic mass is 32.2. The molecule has 132 valence electrons. The monoisotopic (exact) mass is 380 g/mol. The Morgan fingerprint density at radius 2 is 1.50 bits per heavy atom. The van der Waals surface area contributed by atoms with Crippen LogP contribution in [0.1, 0.15) is 36.1 Å². The molecule has 0 aromatic heterocycles. The molecular formula is C21H20N2OS2. The zero-order valence-corrected chi connectivity index (χ0v) is 16.4. The lowest BCUT2D eigenvalue weighted by Gasteiger charge is -2.06. The van der Waals surface area contributed by atoms with Crippen molar-refractivity contribution >= 4 is 46.5 Å². The summed E-state index contributed by atoms with van der Waals surface area (Å²) in [5.74, 6) is -0.180. The van der Waals surface area contributed by atoms with E-state index in [9.17, 15) is 4.79 Å². The minimum absolute atomic E-state index is 0.180. The van der Waals surface area contributed by atoms with Crippen LogP contribution in [0.15, 0.2) is 58.5 Å². The molecule has 1 aliphatic heterocycles. The van der Waals surface area contributed by atoms with Gasteiger partial charge in [0.1, 0.15) is 0 Å². The average molecular weight is 381 g/mol. The van der Waals surface area contributed by atoms with Crippen LogP contribution in [0.3, 0.4) is 0 Å². The van der Waals surface area contributed by atoms with Gasteiger partial charge in [-0.3, -0.25) is 4.79 Å². The molecule has 3 nitrogen and oxygen atoms in total. The SMILES string of the molecule is CCc1ccc(/C=N\N2C(=O)/C(=C/c3ccc(CC)cc3)SC2=S)cc1. The fraction of sp³-hybridized carbons (Fsp3) is 0.190. The highest BCUT2D eigenvalue weighted by Crippen LogP contribution is 2.32. The Morgan fingerprint density at radius 3 is 2.04 bits per heavy atom. The molecule has 0 bridgehead atoms. The fourth-order valence-electron chi connectivity index (χ4n) is 2.52. The molecule has 0 saturated carbocycles. The van der Waals surface area contributed by atoms with Gasteiger partial charge in [0.25, 0.3) is 5.91 Å². The molecule has 0 unspecified atom stereocenters. The largest absolute Gasteiger partial charge is 0.286 e. The summed E-state index contributed by atoms with van der Waals surface area (Å²) in [5, 5.41) is 5.58. The molecule has 1 heterocycles. The van der Waals surface area contributed by atoms with Crippen LogP contribution in [0.5, 0.6) is 0 Å². The highest BCUT2D eigenvalue weighted by molar-refractivity contribution is 8.26. The average Bonchev–Trinajstić information content (AvgIpc) is 2.94. The zero-order chi connectivity index (χ0) is 18.5. The van der Waals surface area contributed by atoms with Crippen LogP contribution in [0.2, 0.25) is 0 Å². The predicted molar refractivity (Wildman–Crippen MR) is 114 cm³/mol. The minimum atomic E-state index is -0.180. The van der Waals surface area contributed by atoms with Gasteiger partial charge in [0, 0.05) is 0 Å². The summed E-state index contributed by atoms with van der Waals surface area (Å²) in [6.07, 6.45) is 5.53. The molecule has 26 heavy (non-hydrogen) atoms. The van der Waals surface area contributed by atoms with E-state index < -0.39 is 0 Å². The summed E-state index contributed by atoms with van der Waals surface area (Å²) < 4.78 is 0.452. The molecule has 2 aromatic rings. The van der Waals surface area contributed by atoms with Crippen molar-refractivity contribution < 1.29 is 4.79 Å². The van der Waals surface area contributed by atoms with Crippen LogP contribution in [0.25, 0.3) is 6.08 Å². The molecule has 1 amide bonds. The van der Waals surface area contributed by atoms with E-state index in [1.807, 2.05) is 30.3 Å². The molecule has 0 spiro atoms. The summed E-state index contributed by atoms with van der Waals surface area (Å²) in [5.41, 5.74) is 4.47. The number of nitrogens with zero attached hydrogens (tertiary/aromatic N) is 2. The van der Waals surface area contributed by atoms with Gasteiger partial charge in [-0.25, -0.2) is 0 Å². The molecule has 5 heteroatoms. The van der Waals surface area contributed by atoms with E-state index in [1.165, 1.54) is 27.9 Å². The summed E-state index contributed by atoms with van der Waals surface area (Å²) in [6, 6.07) is 16.3. The number of hydrazone groups is 1. The van der Waals surface area contributed by atoms with E-state index in [0.29, 0.717) is 9.23 Å². The lowest BCUT2D eigenvalue weighted by Crippen LogP contribution is -2.22. The van der Waals surface area contributed by atoms with E-state index in [0.717, 1.165) is 24.0 Å². The molecule has 1 fully saturated rings. The number of rotatable bonds is 5. The minimum Gasteiger partial charge on any atom is -0.266 e. The number of hydrogen-bond donors (Lipinski definition) is 0. The lowest BCUT2D eigenvalue weighted by molar-refractivity contribution is -0.122. The number of carbonyl (C=O) groups excluding carboxylic acids is 1. The van der Waals surface area contributed by atoms with Crippen molar-refractivity contribution in [3.8, 4) is 0 Å². The van der Waals surface area contributed by atoms with Gasteiger partial charge in [0.2, 0.25) is 0 Å². The van der Waals surface area contributed by atoms with Crippen molar-refractivity contribution in [2.24, 2.45) is 5.10 Å². The third-order valence-electron chi connectivity index (χ3n) is 4.17. The Morgan fingerprint density at radius 1 is 0.962 bits per heavy atom. The van der Waals surface area contributed by atoms with E-state index in [-0.39, 0.29) is 5.91 Å². The second-order valence-corrected chi connectivity index (χ2v) is 7.60. The summed E-state index contributed by atoms with van der Waals surface area (Å²) in [6.45, 7) is 4.24. The van der Waals surface area contributed by atoms with E-state index >= 15 is 0 Å². The number of carbonyl (C=O) groups is 1. The molecule has 1 saturated heterocycles. The second kappa shape index (κ2) is 8.43. The van der Waals surface area contributed by atoms with E-state index in [4.69, 9.17) is 12.2 Å². The Bertz CT molecular complexity index is 868.